The van der Waals surface area contributed by atoms with Gasteiger partial charge in [0.15, 0.2) is 0 Å². The van der Waals surface area contributed by atoms with Crippen molar-refractivity contribution in [3.63, 3.8) is 0 Å². The van der Waals surface area contributed by atoms with Crippen LogP contribution in [0.5, 0.6) is 0 Å². The fourth-order valence-electron chi connectivity index (χ4n) is 1.82. The van der Waals surface area contributed by atoms with Crippen molar-refractivity contribution in [2.45, 2.75) is 25.7 Å². The van der Waals surface area contributed by atoms with E-state index < -0.39 is 0 Å². The summed E-state index contributed by atoms with van der Waals surface area (Å²) >= 11 is 0. The largest absolute Gasteiger partial charge is 0.382 e. The summed E-state index contributed by atoms with van der Waals surface area (Å²) in [6.45, 7) is 1.11. The molecule has 1 aliphatic rings. The number of aromatic nitrogens is 2. The van der Waals surface area contributed by atoms with E-state index in [1.54, 1.807) is 0 Å². The predicted molar refractivity (Wildman–Crippen MR) is 49.0 cm³/mol. The summed E-state index contributed by atoms with van der Waals surface area (Å²) in [5, 5.41) is 10.0. The Balaban J connectivity index is 1.74. The standard InChI is InChI=1S/C9H15N3/c1-2-4-8(3-1)5-10-9-6-11-12-7-9/h6-8,10H,1-5H2,(H,11,12). The molecule has 0 unspecified atom stereocenters. The maximum absolute atomic E-state index is 3.88. The molecule has 2 rings (SSSR count). The van der Waals surface area contributed by atoms with Crippen LogP contribution in [0, 0.1) is 5.92 Å². The highest BCUT2D eigenvalue weighted by Crippen LogP contribution is 2.24. The minimum absolute atomic E-state index is 0.889. The van der Waals surface area contributed by atoms with E-state index in [2.05, 4.69) is 15.5 Å². The normalized spacial score (nSPS) is 18.3. The SMILES string of the molecule is c1n[nH]cc1NCC1CCCC1. The van der Waals surface area contributed by atoms with Gasteiger partial charge < -0.3 is 5.32 Å². The van der Waals surface area contributed by atoms with Crippen LogP contribution < -0.4 is 5.32 Å². The van der Waals surface area contributed by atoms with Crippen molar-refractivity contribution < 1.29 is 0 Å². The average Bonchev–Trinajstić information content (AvgIpc) is 2.74. The van der Waals surface area contributed by atoms with Crippen LogP contribution in [0.4, 0.5) is 5.69 Å². The summed E-state index contributed by atoms with van der Waals surface area (Å²) < 4.78 is 0. The molecule has 1 saturated carbocycles. The first-order chi connectivity index (χ1) is 5.95. The van der Waals surface area contributed by atoms with Crippen LogP contribution in [0.25, 0.3) is 0 Å². The molecule has 1 heterocycles. The summed E-state index contributed by atoms with van der Waals surface area (Å²) in [5.41, 5.74) is 1.11. The number of aromatic amines is 1. The highest BCUT2D eigenvalue weighted by Gasteiger charge is 2.14. The van der Waals surface area contributed by atoms with Crippen molar-refractivity contribution in [2.75, 3.05) is 11.9 Å². The minimum atomic E-state index is 0.889. The molecule has 1 fully saturated rings. The molecule has 1 aliphatic carbocycles. The zero-order chi connectivity index (χ0) is 8.23. The number of hydrogen-bond donors (Lipinski definition) is 2. The summed E-state index contributed by atoms with van der Waals surface area (Å²) in [4.78, 5) is 0. The molecule has 2 N–H and O–H groups in total. The number of anilines is 1. The molecule has 1 aromatic rings. The molecule has 12 heavy (non-hydrogen) atoms. The van der Waals surface area contributed by atoms with E-state index in [9.17, 15) is 0 Å². The molecule has 1 aromatic heterocycles. The molecule has 0 saturated heterocycles. The van der Waals surface area contributed by atoms with E-state index in [4.69, 9.17) is 0 Å². The van der Waals surface area contributed by atoms with Crippen LogP contribution in [0.1, 0.15) is 25.7 Å². The molecule has 0 bridgehead atoms. The lowest BCUT2D eigenvalue weighted by Crippen LogP contribution is -2.10. The van der Waals surface area contributed by atoms with E-state index in [0.717, 1.165) is 18.2 Å². The van der Waals surface area contributed by atoms with Gasteiger partial charge in [-0.05, 0) is 18.8 Å². The first-order valence-corrected chi connectivity index (χ1v) is 4.68. The third-order valence-corrected chi connectivity index (χ3v) is 2.57. The molecule has 0 radical (unpaired) electrons. The van der Waals surface area contributed by atoms with Gasteiger partial charge in [0, 0.05) is 12.7 Å². The number of H-pyrrole nitrogens is 1. The molecule has 0 amide bonds. The van der Waals surface area contributed by atoms with Gasteiger partial charge in [-0.15, -0.1) is 0 Å². The Hall–Kier alpha value is -0.990. The quantitative estimate of drug-likeness (QED) is 0.719. The maximum atomic E-state index is 3.88. The van der Waals surface area contributed by atoms with Crippen LogP contribution in [0.15, 0.2) is 12.4 Å². The summed E-state index contributed by atoms with van der Waals surface area (Å²) in [5.74, 6) is 0.889. The predicted octanol–water partition coefficient (Wildman–Crippen LogP) is 2.01. The molecule has 3 heteroatoms. The Morgan fingerprint density at radius 1 is 1.50 bits per heavy atom. The minimum Gasteiger partial charge on any atom is -0.382 e. The molecule has 0 spiro atoms. The van der Waals surface area contributed by atoms with Gasteiger partial charge in [-0.2, -0.15) is 5.10 Å². The van der Waals surface area contributed by atoms with Gasteiger partial charge in [0.25, 0.3) is 0 Å². The zero-order valence-electron chi connectivity index (χ0n) is 7.21. The third kappa shape index (κ3) is 1.78. The molecule has 0 atom stereocenters. The fraction of sp³-hybridized carbons (Fsp3) is 0.667. The van der Waals surface area contributed by atoms with Crippen molar-refractivity contribution in [3.8, 4) is 0 Å². The van der Waals surface area contributed by atoms with Gasteiger partial charge in [-0.25, -0.2) is 0 Å². The number of rotatable bonds is 3. The van der Waals surface area contributed by atoms with Gasteiger partial charge in [-0.1, -0.05) is 12.8 Å². The second kappa shape index (κ2) is 3.61. The number of hydrogen-bond acceptors (Lipinski definition) is 2. The molecule has 0 aliphatic heterocycles. The van der Waals surface area contributed by atoms with E-state index in [1.165, 1.54) is 25.7 Å². The Kier molecular flexibility index (Phi) is 2.30. The van der Waals surface area contributed by atoms with Crippen LogP contribution in [-0.4, -0.2) is 16.7 Å². The fourth-order valence-corrected chi connectivity index (χ4v) is 1.82. The van der Waals surface area contributed by atoms with Crippen molar-refractivity contribution >= 4 is 5.69 Å². The van der Waals surface area contributed by atoms with Gasteiger partial charge in [0.2, 0.25) is 0 Å². The van der Waals surface area contributed by atoms with Crippen LogP contribution in [-0.2, 0) is 0 Å². The van der Waals surface area contributed by atoms with E-state index in [0.29, 0.717) is 0 Å². The van der Waals surface area contributed by atoms with E-state index in [1.807, 2.05) is 12.4 Å². The van der Waals surface area contributed by atoms with Crippen molar-refractivity contribution in [1.29, 1.82) is 0 Å². The molecule has 3 nitrogen and oxygen atoms in total. The summed E-state index contributed by atoms with van der Waals surface area (Å²) in [6, 6.07) is 0. The van der Waals surface area contributed by atoms with Crippen molar-refractivity contribution in [3.05, 3.63) is 12.4 Å². The van der Waals surface area contributed by atoms with E-state index in [-0.39, 0.29) is 0 Å². The molecule has 0 aromatic carbocycles. The Bertz CT molecular complexity index is 212. The van der Waals surface area contributed by atoms with E-state index >= 15 is 0 Å². The first-order valence-electron chi connectivity index (χ1n) is 4.68. The Morgan fingerprint density at radius 3 is 3.00 bits per heavy atom. The van der Waals surface area contributed by atoms with Crippen LogP contribution >= 0.6 is 0 Å². The number of nitrogens with zero attached hydrogens (tertiary/aromatic N) is 1. The lowest BCUT2D eigenvalue weighted by atomic mass is 10.1. The van der Waals surface area contributed by atoms with Gasteiger partial charge in [0.1, 0.15) is 0 Å². The highest BCUT2D eigenvalue weighted by molar-refractivity contribution is 5.37. The first kappa shape index (κ1) is 7.65. The van der Waals surface area contributed by atoms with Gasteiger partial charge in [0.05, 0.1) is 11.9 Å². The van der Waals surface area contributed by atoms with Gasteiger partial charge >= 0.3 is 0 Å². The summed E-state index contributed by atoms with van der Waals surface area (Å²) in [7, 11) is 0. The van der Waals surface area contributed by atoms with Gasteiger partial charge in [-0.3, -0.25) is 5.10 Å². The smallest absolute Gasteiger partial charge is 0.0723 e. The summed E-state index contributed by atoms with van der Waals surface area (Å²) in [6.07, 6.45) is 9.34. The van der Waals surface area contributed by atoms with Crippen molar-refractivity contribution in [2.24, 2.45) is 5.92 Å². The third-order valence-electron chi connectivity index (χ3n) is 2.57. The maximum Gasteiger partial charge on any atom is 0.0723 e. The van der Waals surface area contributed by atoms with Crippen molar-refractivity contribution in [1.82, 2.24) is 10.2 Å². The lowest BCUT2D eigenvalue weighted by molar-refractivity contribution is 0.580. The molecular formula is C9H15N3. The van der Waals surface area contributed by atoms with Crippen LogP contribution in [0.2, 0.25) is 0 Å². The topological polar surface area (TPSA) is 40.7 Å². The monoisotopic (exact) mass is 165 g/mol. The second-order valence-corrected chi connectivity index (χ2v) is 3.52. The number of nitrogens with one attached hydrogen (secondary N) is 2. The molecular weight excluding hydrogens is 150 g/mol. The highest BCUT2D eigenvalue weighted by atomic mass is 15.1. The molecule has 66 valence electrons. The Morgan fingerprint density at radius 2 is 2.33 bits per heavy atom. The zero-order valence-corrected chi connectivity index (χ0v) is 7.21. The lowest BCUT2D eigenvalue weighted by Gasteiger charge is -2.09. The van der Waals surface area contributed by atoms with Crippen LogP contribution in [0.3, 0.4) is 0 Å². The Labute approximate surface area is 72.6 Å². The second-order valence-electron chi connectivity index (χ2n) is 3.52. The average molecular weight is 165 g/mol.